The van der Waals surface area contributed by atoms with Gasteiger partial charge in [0.15, 0.2) is 0 Å². The molecule has 1 atom stereocenters. The van der Waals surface area contributed by atoms with Crippen molar-refractivity contribution in [1.29, 1.82) is 0 Å². The van der Waals surface area contributed by atoms with Gasteiger partial charge < -0.3 is 9.64 Å². The Bertz CT molecular complexity index is 636. The molecule has 2 aromatic rings. The zero-order valence-electron chi connectivity index (χ0n) is 13.4. The van der Waals surface area contributed by atoms with E-state index in [-0.39, 0.29) is 12.0 Å². The summed E-state index contributed by atoms with van der Waals surface area (Å²) in [6, 6.07) is 7.51. The van der Waals surface area contributed by atoms with E-state index in [0.29, 0.717) is 12.1 Å². The fraction of sp³-hybridized carbons (Fsp3) is 0.471. The van der Waals surface area contributed by atoms with Gasteiger partial charge in [-0.15, -0.1) is 10.2 Å². The summed E-state index contributed by atoms with van der Waals surface area (Å²) in [7, 11) is 1.84. The summed E-state index contributed by atoms with van der Waals surface area (Å²) < 4.78 is 7.49. The average Bonchev–Trinajstić information content (AvgIpc) is 3.14. The predicted molar refractivity (Wildman–Crippen MR) is 86.5 cm³/mol. The van der Waals surface area contributed by atoms with E-state index in [2.05, 4.69) is 10.2 Å². The van der Waals surface area contributed by atoms with Crippen LogP contribution in [0.2, 0.25) is 0 Å². The van der Waals surface area contributed by atoms with Crippen molar-refractivity contribution in [2.24, 2.45) is 0 Å². The maximum Gasteiger partial charge on any atom is 0.255 e. The van der Waals surface area contributed by atoms with Crippen LogP contribution in [0.25, 0.3) is 5.69 Å². The Hall–Kier alpha value is -2.21. The molecular formula is C17H22N4O2. The predicted octanol–water partition coefficient (Wildman–Crippen LogP) is 2.30. The molecule has 0 N–H and O–H groups in total. The Morgan fingerprint density at radius 2 is 2.09 bits per heavy atom. The van der Waals surface area contributed by atoms with E-state index in [1.807, 2.05) is 31.3 Å². The third-order valence-electron chi connectivity index (χ3n) is 4.24. The Balaban J connectivity index is 1.67. The fourth-order valence-corrected chi connectivity index (χ4v) is 2.88. The summed E-state index contributed by atoms with van der Waals surface area (Å²) in [5, 5.41) is 7.63. The largest absolute Gasteiger partial charge is 0.378 e. The molecule has 6 nitrogen and oxygen atoms in total. The summed E-state index contributed by atoms with van der Waals surface area (Å²) in [6.07, 6.45) is 7.84. The van der Waals surface area contributed by atoms with Crippen LogP contribution in [-0.4, -0.2) is 51.9 Å². The lowest BCUT2D eigenvalue weighted by Gasteiger charge is -2.25. The molecule has 23 heavy (non-hydrogen) atoms. The lowest BCUT2D eigenvalue weighted by atomic mass is 10.1. The number of aromatic nitrogens is 3. The molecule has 1 saturated heterocycles. The number of carbonyl (C=O) groups excluding carboxylic acids is 1. The van der Waals surface area contributed by atoms with Crippen molar-refractivity contribution >= 4 is 5.91 Å². The van der Waals surface area contributed by atoms with Crippen LogP contribution in [0.3, 0.4) is 0 Å². The number of para-hydroxylation sites is 1. The van der Waals surface area contributed by atoms with E-state index in [4.69, 9.17) is 4.74 Å². The van der Waals surface area contributed by atoms with Crippen LogP contribution in [0.5, 0.6) is 0 Å². The van der Waals surface area contributed by atoms with E-state index < -0.39 is 0 Å². The van der Waals surface area contributed by atoms with E-state index in [0.717, 1.165) is 31.6 Å². The number of nitrogens with zero attached hydrogens (tertiary/aromatic N) is 4. The number of benzene rings is 1. The van der Waals surface area contributed by atoms with Gasteiger partial charge in [-0.2, -0.15) is 0 Å². The molecule has 1 aromatic carbocycles. The van der Waals surface area contributed by atoms with Gasteiger partial charge in [-0.25, -0.2) is 0 Å². The summed E-state index contributed by atoms with van der Waals surface area (Å²) >= 11 is 0. The minimum absolute atomic E-state index is 0.00473. The molecule has 1 aromatic heterocycles. The molecule has 0 radical (unpaired) electrons. The molecular weight excluding hydrogens is 292 g/mol. The maximum absolute atomic E-state index is 12.8. The van der Waals surface area contributed by atoms with Crippen LogP contribution in [-0.2, 0) is 4.74 Å². The highest BCUT2D eigenvalue weighted by molar-refractivity contribution is 5.97. The summed E-state index contributed by atoms with van der Waals surface area (Å²) in [4.78, 5) is 14.5. The summed E-state index contributed by atoms with van der Waals surface area (Å²) in [5.74, 6) is 0.00473. The SMILES string of the molecule is CN(CCC1CCCCO1)C(=O)c1ccccc1-n1cnnc1. The summed E-state index contributed by atoms with van der Waals surface area (Å²) in [6.45, 7) is 1.54. The number of carbonyl (C=O) groups is 1. The molecule has 0 spiro atoms. The van der Waals surface area contributed by atoms with E-state index >= 15 is 0 Å². The van der Waals surface area contributed by atoms with Crippen LogP contribution in [0.15, 0.2) is 36.9 Å². The first-order valence-electron chi connectivity index (χ1n) is 8.07. The molecule has 1 fully saturated rings. The van der Waals surface area contributed by atoms with E-state index in [9.17, 15) is 4.79 Å². The van der Waals surface area contributed by atoms with Crippen LogP contribution in [0.4, 0.5) is 0 Å². The smallest absolute Gasteiger partial charge is 0.255 e. The van der Waals surface area contributed by atoms with Gasteiger partial charge in [-0.3, -0.25) is 9.36 Å². The standard InChI is InChI=1S/C17H22N4O2/c1-20(10-9-14-6-4-5-11-23-14)17(22)15-7-2-3-8-16(15)21-12-18-19-13-21/h2-3,7-8,12-14H,4-6,9-11H2,1H3. The monoisotopic (exact) mass is 314 g/mol. The van der Waals surface area contributed by atoms with Crippen LogP contribution >= 0.6 is 0 Å². The zero-order chi connectivity index (χ0) is 16.1. The second-order valence-corrected chi connectivity index (χ2v) is 5.89. The number of hydrogen-bond donors (Lipinski definition) is 0. The van der Waals surface area contributed by atoms with Crippen molar-refractivity contribution in [2.45, 2.75) is 31.8 Å². The fourth-order valence-electron chi connectivity index (χ4n) is 2.88. The number of amides is 1. The topological polar surface area (TPSA) is 60.2 Å². The minimum atomic E-state index is 0.00473. The lowest BCUT2D eigenvalue weighted by Crippen LogP contribution is -2.32. The molecule has 3 rings (SSSR count). The van der Waals surface area contributed by atoms with Crippen molar-refractivity contribution in [3.63, 3.8) is 0 Å². The van der Waals surface area contributed by atoms with Crippen LogP contribution in [0, 0.1) is 0 Å². The Morgan fingerprint density at radius 1 is 1.30 bits per heavy atom. The third kappa shape index (κ3) is 3.76. The second-order valence-electron chi connectivity index (χ2n) is 5.89. The first-order chi connectivity index (χ1) is 11.3. The van der Waals surface area contributed by atoms with Gasteiger partial charge >= 0.3 is 0 Å². The molecule has 2 heterocycles. The number of ether oxygens (including phenoxy) is 1. The highest BCUT2D eigenvalue weighted by Gasteiger charge is 2.19. The lowest BCUT2D eigenvalue weighted by molar-refractivity contribution is 0.00709. The quantitative estimate of drug-likeness (QED) is 0.849. The molecule has 122 valence electrons. The molecule has 1 unspecified atom stereocenters. The van der Waals surface area contributed by atoms with Gasteiger partial charge in [-0.1, -0.05) is 12.1 Å². The van der Waals surface area contributed by atoms with Crippen molar-refractivity contribution in [3.8, 4) is 5.69 Å². The maximum atomic E-state index is 12.8. The average molecular weight is 314 g/mol. The van der Waals surface area contributed by atoms with Gasteiger partial charge in [0.05, 0.1) is 17.4 Å². The van der Waals surface area contributed by atoms with Gasteiger partial charge in [0.25, 0.3) is 5.91 Å². The zero-order valence-corrected chi connectivity index (χ0v) is 13.4. The second kappa shape index (κ2) is 7.37. The van der Waals surface area contributed by atoms with Crippen molar-refractivity contribution in [3.05, 3.63) is 42.5 Å². The Morgan fingerprint density at radius 3 is 2.83 bits per heavy atom. The molecule has 6 heteroatoms. The minimum Gasteiger partial charge on any atom is -0.378 e. The molecule has 1 aliphatic heterocycles. The third-order valence-corrected chi connectivity index (χ3v) is 4.24. The molecule has 0 saturated carbocycles. The highest BCUT2D eigenvalue weighted by atomic mass is 16.5. The van der Waals surface area contributed by atoms with Crippen molar-refractivity contribution in [2.75, 3.05) is 20.2 Å². The van der Waals surface area contributed by atoms with Crippen LogP contribution < -0.4 is 0 Å². The first kappa shape index (κ1) is 15.7. The molecule has 0 aliphatic carbocycles. The van der Waals surface area contributed by atoms with E-state index in [1.54, 1.807) is 22.1 Å². The van der Waals surface area contributed by atoms with Gasteiger partial charge in [0.1, 0.15) is 12.7 Å². The van der Waals surface area contributed by atoms with Crippen molar-refractivity contribution in [1.82, 2.24) is 19.7 Å². The Labute approximate surface area is 136 Å². The normalized spacial score (nSPS) is 17.9. The highest BCUT2D eigenvalue weighted by Crippen LogP contribution is 2.18. The first-order valence-corrected chi connectivity index (χ1v) is 8.07. The number of rotatable bonds is 5. The Kier molecular flexibility index (Phi) is 5.02. The van der Waals surface area contributed by atoms with Crippen molar-refractivity contribution < 1.29 is 9.53 Å². The molecule has 1 aliphatic rings. The van der Waals surface area contributed by atoms with Gasteiger partial charge in [-0.05, 0) is 37.8 Å². The van der Waals surface area contributed by atoms with Gasteiger partial charge in [0, 0.05) is 20.2 Å². The number of hydrogen-bond acceptors (Lipinski definition) is 4. The van der Waals surface area contributed by atoms with Gasteiger partial charge in [0.2, 0.25) is 0 Å². The van der Waals surface area contributed by atoms with E-state index in [1.165, 1.54) is 6.42 Å². The molecule has 0 bridgehead atoms. The molecule has 1 amide bonds. The summed E-state index contributed by atoms with van der Waals surface area (Å²) in [5.41, 5.74) is 1.45. The van der Waals surface area contributed by atoms with Crippen LogP contribution in [0.1, 0.15) is 36.0 Å².